The molecule has 24 heavy (non-hydrogen) atoms. The van der Waals surface area contributed by atoms with Crippen LogP contribution in [0.25, 0.3) is 6.08 Å². The van der Waals surface area contributed by atoms with Gasteiger partial charge in [-0.25, -0.2) is 9.78 Å². The van der Waals surface area contributed by atoms with E-state index >= 15 is 0 Å². The minimum atomic E-state index is -0.993. The van der Waals surface area contributed by atoms with Crippen molar-refractivity contribution in [2.45, 2.75) is 25.4 Å². The molecule has 3 heterocycles. The van der Waals surface area contributed by atoms with E-state index in [-0.39, 0.29) is 0 Å². The van der Waals surface area contributed by atoms with Gasteiger partial charge < -0.3 is 10.4 Å². The van der Waals surface area contributed by atoms with Gasteiger partial charge in [-0.1, -0.05) is 6.07 Å². The second kappa shape index (κ2) is 8.03. The predicted molar refractivity (Wildman–Crippen MR) is 94.9 cm³/mol. The summed E-state index contributed by atoms with van der Waals surface area (Å²) in [4.78, 5) is 22.9. The number of piperidine rings is 1. The number of nitrogens with one attached hydrogen (secondary N) is 1. The molecule has 0 unspecified atom stereocenters. The first-order valence-electron chi connectivity index (χ1n) is 7.93. The van der Waals surface area contributed by atoms with Gasteiger partial charge >= 0.3 is 5.97 Å². The number of carboxylic acids is 1. The van der Waals surface area contributed by atoms with Crippen molar-refractivity contribution < 1.29 is 9.90 Å². The summed E-state index contributed by atoms with van der Waals surface area (Å²) < 4.78 is 0. The standard InChI is InChI=1S/C17H20N4O2S/c22-17(23)6-5-13-9-19-16(10-18-13)20-14-3-1-7-21(11-14)12-15-4-2-8-24-15/h2,4-6,8-10,14H,1,3,7,11-12H2,(H,19,20)(H,22,23)/b6-5+/t14-/m1/s1. The molecule has 7 heteroatoms. The van der Waals surface area contributed by atoms with Crippen LogP contribution in [0.5, 0.6) is 0 Å². The zero-order valence-corrected chi connectivity index (χ0v) is 14.1. The van der Waals surface area contributed by atoms with Gasteiger partial charge in [-0.05, 0) is 36.9 Å². The third-order valence-corrected chi connectivity index (χ3v) is 4.75. The molecule has 1 aliphatic rings. The number of carbonyl (C=O) groups is 1. The summed E-state index contributed by atoms with van der Waals surface area (Å²) in [6.45, 7) is 3.11. The smallest absolute Gasteiger partial charge is 0.328 e. The number of hydrogen-bond acceptors (Lipinski definition) is 6. The lowest BCUT2D eigenvalue weighted by molar-refractivity contribution is -0.131. The summed E-state index contributed by atoms with van der Waals surface area (Å²) in [7, 11) is 0. The van der Waals surface area contributed by atoms with Gasteiger partial charge in [0.2, 0.25) is 0 Å². The summed E-state index contributed by atoms with van der Waals surface area (Å²) in [5.41, 5.74) is 0.533. The Morgan fingerprint density at radius 2 is 2.38 bits per heavy atom. The van der Waals surface area contributed by atoms with Crippen LogP contribution in [0.2, 0.25) is 0 Å². The highest BCUT2D eigenvalue weighted by Gasteiger charge is 2.20. The molecule has 1 aliphatic heterocycles. The van der Waals surface area contributed by atoms with Gasteiger partial charge in [0.1, 0.15) is 5.82 Å². The Morgan fingerprint density at radius 1 is 1.46 bits per heavy atom. The van der Waals surface area contributed by atoms with Gasteiger partial charge in [-0.15, -0.1) is 11.3 Å². The highest BCUT2D eigenvalue weighted by molar-refractivity contribution is 7.09. The molecule has 0 amide bonds. The Hall–Kier alpha value is -2.25. The molecule has 0 bridgehead atoms. The Bertz CT molecular complexity index is 685. The summed E-state index contributed by atoms with van der Waals surface area (Å²) in [6.07, 6.45) is 8.00. The van der Waals surface area contributed by atoms with Gasteiger partial charge in [0.25, 0.3) is 0 Å². The first-order chi connectivity index (χ1) is 11.7. The monoisotopic (exact) mass is 344 g/mol. The normalized spacial score (nSPS) is 18.8. The molecule has 0 spiro atoms. The molecule has 2 N–H and O–H groups in total. The predicted octanol–water partition coefficient (Wildman–Crippen LogP) is 2.71. The van der Waals surface area contributed by atoms with E-state index in [4.69, 9.17) is 5.11 Å². The topological polar surface area (TPSA) is 78.3 Å². The molecule has 6 nitrogen and oxygen atoms in total. The molecule has 1 atom stereocenters. The van der Waals surface area contributed by atoms with E-state index in [0.717, 1.165) is 44.4 Å². The van der Waals surface area contributed by atoms with Crippen LogP contribution in [0.1, 0.15) is 23.4 Å². The van der Waals surface area contributed by atoms with Crippen molar-refractivity contribution in [2.24, 2.45) is 0 Å². The van der Waals surface area contributed by atoms with Crippen LogP contribution in [0, 0.1) is 0 Å². The van der Waals surface area contributed by atoms with E-state index in [2.05, 4.69) is 37.7 Å². The fourth-order valence-electron chi connectivity index (χ4n) is 2.80. The fourth-order valence-corrected chi connectivity index (χ4v) is 3.55. The van der Waals surface area contributed by atoms with Gasteiger partial charge in [-0.3, -0.25) is 9.88 Å². The van der Waals surface area contributed by atoms with Crippen molar-refractivity contribution in [3.63, 3.8) is 0 Å². The molecule has 0 radical (unpaired) electrons. The summed E-state index contributed by atoms with van der Waals surface area (Å²) in [5, 5.41) is 14.2. The highest BCUT2D eigenvalue weighted by Crippen LogP contribution is 2.18. The van der Waals surface area contributed by atoms with E-state index in [9.17, 15) is 4.79 Å². The number of aromatic nitrogens is 2. The molecule has 2 aromatic rings. The van der Waals surface area contributed by atoms with Gasteiger partial charge in [0.05, 0.1) is 18.1 Å². The number of nitrogens with zero attached hydrogens (tertiary/aromatic N) is 3. The maximum Gasteiger partial charge on any atom is 0.328 e. The molecular weight excluding hydrogens is 324 g/mol. The fraction of sp³-hybridized carbons (Fsp3) is 0.353. The van der Waals surface area contributed by atoms with Crippen molar-refractivity contribution in [1.82, 2.24) is 14.9 Å². The Labute approximate surface area is 144 Å². The Kier molecular flexibility index (Phi) is 5.55. The lowest BCUT2D eigenvalue weighted by Gasteiger charge is -2.33. The van der Waals surface area contributed by atoms with Gasteiger partial charge in [0, 0.05) is 30.1 Å². The minimum absolute atomic E-state index is 0.355. The molecule has 0 saturated carbocycles. The van der Waals surface area contributed by atoms with Crippen molar-refractivity contribution in [3.8, 4) is 0 Å². The van der Waals surface area contributed by atoms with Crippen LogP contribution in [0.15, 0.2) is 36.0 Å². The Balaban J connectivity index is 1.54. The molecule has 1 saturated heterocycles. The van der Waals surface area contributed by atoms with Crippen LogP contribution in [0.4, 0.5) is 5.82 Å². The quantitative estimate of drug-likeness (QED) is 0.785. The van der Waals surface area contributed by atoms with Crippen LogP contribution in [-0.2, 0) is 11.3 Å². The molecule has 0 aliphatic carbocycles. The van der Waals surface area contributed by atoms with Crippen LogP contribution < -0.4 is 5.32 Å². The van der Waals surface area contributed by atoms with E-state index in [1.165, 1.54) is 11.0 Å². The average Bonchev–Trinajstić information content (AvgIpc) is 3.07. The average molecular weight is 344 g/mol. The molecule has 0 aromatic carbocycles. The lowest BCUT2D eigenvalue weighted by Crippen LogP contribution is -2.41. The number of hydrogen-bond donors (Lipinski definition) is 2. The van der Waals surface area contributed by atoms with E-state index in [1.54, 1.807) is 23.7 Å². The van der Waals surface area contributed by atoms with Crippen LogP contribution in [0.3, 0.4) is 0 Å². The number of thiophene rings is 1. The third kappa shape index (κ3) is 4.87. The molecule has 126 valence electrons. The van der Waals surface area contributed by atoms with E-state index in [1.807, 2.05) is 0 Å². The zero-order chi connectivity index (χ0) is 16.8. The second-order valence-corrected chi connectivity index (χ2v) is 6.83. The van der Waals surface area contributed by atoms with Gasteiger partial charge in [0.15, 0.2) is 0 Å². The maximum absolute atomic E-state index is 10.5. The van der Waals surface area contributed by atoms with Crippen molar-refractivity contribution in [3.05, 3.63) is 46.6 Å². The first kappa shape index (κ1) is 16.6. The number of carboxylic acid groups (broad SMARTS) is 1. The van der Waals surface area contributed by atoms with Crippen molar-refractivity contribution in [2.75, 3.05) is 18.4 Å². The number of aliphatic carboxylic acids is 1. The number of anilines is 1. The zero-order valence-electron chi connectivity index (χ0n) is 13.3. The highest BCUT2D eigenvalue weighted by atomic mass is 32.1. The molecule has 1 fully saturated rings. The molecule has 2 aromatic heterocycles. The lowest BCUT2D eigenvalue weighted by atomic mass is 10.1. The number of rotatable bonds is 6. The summed E-state index contributed by atoms with van der Waals surface area (Å²) in [6, 6.07) is 4.63. The van der Waals surface area contributed by atoms with Crippen molar-refractivity contribution in [1.29, 1.82) is 0 Å². The largest absolute Gasteiger partial charge is 0.478 e. The SMILES string of the molecule is O=C(O)/C=C/c1cnc(N[C@@H]2CCCN(Cc3cccs3)C2)cn1. The van der Waals surface area contributed by atoms with Gasteiger partial charge in [-0.2, -0.15) is 0 Å². The third-order valence-electron chi connectivity index (χ3n) is 3.89. The number of likely N-dealkylation sites (tertiary alicyclic amines) is 1. The van der Waals surface area contributed by atoms with Crippen LogP contribution >= 0.6 is 11.3 Å². The second-order valence-electron chi connectivity index (χ2n) is 5.80. The Morgan fingerprint density at radius 3 is 3.08 bits per heavy atom. The van der Waals surface area contributed by atoms with E-state index < -0.39 is 5.97 Å². The first-order valence-corrected chi connectivity index (χ1v) is 8.81. The molecule has 3 rings (SSSR count). The van der Waals surface area contributed by atoms with Crippen LogP contribution in [-0.4, -0.2) is 45.1 Å². The summed E-state index contributed by atoms with van der Waals surface area (Å²) >= 11 is 1.80. The maximum atomic E-state index is 10.5. The summed E-state index contributed by atoms with van der Waals surface area (Å²) in [5.74, 6) is -0.266. The molecular formula is C17H20N4O2S. The minimum Gasteiger partial charge on any atom is -0.478 e. The van der Waals surface area contributed by atoms with E-state index in [0.29, 0.717) is 11.7 Å². The van der Waals surface area contributed by atoms with Crippen molar-refractivity contribution >= 4 is 29.2 Å².